The molecule has 8 heteroatoms. The lowest BCUT2D eigenvalue weighted by Gasteiger charge is -2.26. The van der Waals surface area contributed by atoms with Crippen molar-refractivity contribution >= 4 is 5.91 Å². The van der Waals surface area contributed by atoms with Gasteiger partial charge in [0.1, 0.15) is 23.7 Å². The summed E-state index contributed by atoms with van der Waals surface area (Å²) in [6, 6.07) is 3.69. The largest absolute Gasteiger partial charge is 0.408 e. The van der Waals surface area contributed by atoms with Gasteiger partial charge in [-0.25, -0.2) is 4.39 Å². The second-order valence-electron chi connectivity index (χ2n) is 5.70. The molecule has 25 heavy (non-hydrogen) atoms. The minimum Gasteiger partial charge on any atom is -0.355 e. The van der Waals surface area contributed by atoms with Crippen LogP contribution in [0.3, 0.4) is 0 Å². The monoisotopic (exact) mass is 353 g/mol. The Morgan fingerprint density at radius 3 is 2.56 bits per heavy atom. The molecule has 0 radical (unpaired) electrons. The van der Waals surface area contributed by atoms with Crippen molar-refractivity contribution in [1.82, 2.24) is 15.5 Å². The molecule has 0 bridgehead atoms. The summed E-state index contributed by atoms with van der Waals surface area (Å²) in [4.78, 5) is 14.0. The lowest BCUT2D eigenvalue weighted by Crippen LogP contribution is -2.45. The summed E-state index contributed by atoms with van der Waals surface area (Å²) < 4.78 is 51.2. The molecular weight excluding hydrogens is 338 g/mol. The Morgan fingerprint density at radius 2 is 1.92 bits per heavy atom. The van der Waals surface area contributed by atoms with Crippen molar-refractivity contribution in [1.29, 1.82) is 0 Å². The smallest absolute Gasteiger partial charge is 0.355 e. The van der Waals surface area contributed by atoms with E-state index in [9.17, 15) is 22.4 Å². The van der Waals surface area contributed by atoms with Crippen LogP contribution in [0, 0.1) is 5.82 Å². The zero-order valence-corrected chi connectivity index (χ0v) is 13.1. The quantitative estimate of drug-likeness (QED) is 0.821. The Hall–Kier alpha value is -2.77. The van der Waals surface area contributed by atoms with Crippen molar-refractivity contribution in [3.8, 4) is 0 Å². The normalized spacial score (nSPS) is 20.4. The number of rotatable bonds is 3. The predicted octanol–water partition coefficient (Wildman–Crippen LogP) is 3.09. The number of hydrogen-bond acceptors (Lipinski definition) is 3. The van der Waals surface area contributed by atoms with Gasteiger partial charge in [-0.1, -0.05) is 18.2 Å². The number of fused-ring (bicyclic) bond motifs is 1. The van der Waals surface area contributed by atoms with Crippen molar-refractivity contribution in [3.63, 3.8) is 0 Å². The van der Waals surface area contributed by atoms with Crippen LogP contribution in [0.4, 0.5) is 17.6 Å². The number of nitrogens with zero attached hydrogens (tertiary/aromatic N) is 1. The molecule has 1 aromatic rings. The summed E-state index contributed by atoms with van der Waals surface area (Å²) in [5.41, 5.74) is 1.15. The van der Waals surface area contributed by atoms with Gasteiger partial charge in [-0.3, -0.25) is 4.79 Å². The van der Waals surface area contributed by atoms with Gasteiger partial charge in [0.2, 0.25) is 0 Å². The molecule has 4 nitrogen and oxygen atoms in total. The molecule has 2 unspecified atom stereocenters. The first-order valence-electron chi connectivity index (χ1n) is 7.54. The van der Waals surface area contributed by atoms with Crippen molar-refractivity contribution < 1.29 is 22.4 Å². The highest BCUT2D eigenvalue weighted by Crippen LogP contribution is 2.34. The Kier molecular flexibility index (Phi) is 4.28. The van der Waals surface area contributed by atoms with Crippen molar-refractivity contribution in [2.24, 2.45) is 0 Å². The van der Waals surface area contributed by atoms with Crippen LogP contribution in [-0.2, 0) is 4.79 Å². The molecule has 0 fully saturated rings. The SMILES string of the molecule is CC(NC(=O)C1=C2C=CC=CN2C(c2ccc(F)cc2)N1)C(F)(F)F. The average molecular weight is 353 g/mol. The van der Waals surface area contributed by atoms with Crippen LogP contribution >= 0.6 is 0 Å². The van der Waals surface area contributed by atoms with Crippen LogP contribution in [0.15, 0.2) is 60.1 Å². The van der Waals surface area contributed by atoms with E-state index in [0.29, 0.717) is 11.3 Å². The van der Waals surface area contributed by atoms with Gasteiger partial charge in [0.15, 0.2) is 0 Å². The van der Waals surface area contributed by atoms with E-state index in [1.807, 2.05) is 5.32 Å². The second kappa shape index (κ2) is 6.27. The van der Waals surface area contributed by atoms with E-state index < -0.39 is 30.1 Å². The van der Waals surface area contributed by atoms with Gasteiger partial charge in [0.25, 0.3) is 5.91 Å². The highest BCUT2D eigenvalue weighted by molar-refractivity contribution is 5.95. The Labute approximate surface area is 141 Å². The molecule has 2 atom stereocenters. The third-order valence-electron chi connectivity index (χ3n) is 3.96. The first-order chi connectivity index (χ1) is 11.8. The Balaban J connectivity index is 1.86. The first-order valence-corrected chi connectivity index (χ1v) is 7.54. The number of allylic oxidation sites excluding steroid dienone is 3. The second-order valence-corrected chi connectivity index (χ2v) is 5.70. The number of nitrogens with one attached hydrogen (secondary N) is 2. The van der Waals surface area contributed by atoms with Gasteiger partial charge in [-0.2, -0.15) is 13.2 Å². The standard InChI is InChI=1S/C17H15F4N3O/c1-10(17(19,20)21)22-16(25)14-13-4-2-3-9-24(13)15(23-14)11-5-7-12(18)8-6-11/h2-10,15,23H,1H3,(H,22,25). The van der Waals surface area contributed by atoms with E-state index in [-0.39, 0.29) is 5.70 Å². The fourth-order valence-corrected chi connectivity index (χ4v) is 2.59. The number of halogens is 4. The number of benzene rings is 1. The Morgan fingerprint density at radius 1 is 1.24 bits per heavy atom. The molecule has 0 saturated heterocycles. The van der Waals surface area contributed by atoms with Gasteiger partial charge in [-0.15, -0.1) is 0 Å². The van der Waals surface area contributed by atoms with Crippen LogP contribution in [0.25, 0.3) is 0 Å². The molecule has 2 aliphatic heterocycles. The molecule has 2 N–H and O–H groups in total. The minimum absolute atomic E-state index is 0.0334. The maximum Gasteiger partial charge on any atom is 0.408 e. The summed E-state index contributed by atoms with van der Waals surface area (Å²) in [5, 5.41) is 4.87. The van der Waals surface area contributed by atoms with E-state index in [2.05, 4.69) is 5.32 Å². The van der Waals surface area contributed by atoms with E-state index in [4.69, 9.17) is 0 Å². The summed E-state index contributed by atoms with van der Waals surface area (Å²) >= 11 is 0. The molecule has 2 aliphatic rings. The van der Waals surface area contributed by atoms with E-state index >= 15 is 0 Å². The zero-order valence-electron chi connectivity index (χ0n) is 13.1. The third kappa shape index (κ3) is 3.38. The van der Waals surface area contributed by atoms with Crippen LogP contribution in [0.1, 0.15) is 18.7 Å². The minimum atomic E-state index is -4.53. The average Bonchev–Trinajstić information content (AvgIpc) is 2.94. The molecule has 1 amide bonds. The highest BCUT2D eigenvalue weighted by atomic mass is 19.4. The van der Waals surface area contributed by atoms with Crippen molar-refractivity contribution in [2.75, 3.05) is 0 Å². The maximum absolute atomic E-state index is 13.1. The fourth-order valence-electron chi connectivity index (χ4n) is 2.59. The molecular formula is C17H15F4N3O. The van der Waals surface area contributed by atoms with Gasteiger partial charge in [0, 0.05) is 6.20 Å². The van der Waals surface area contributed by atoms with Crippen molar-refractivity contribution in [3.05, 3.63) is 71.5 Å². The van der Waals surface area contributed by atoms with Gasteiger partial charge in [-0.05, 0) is 36.8 Å². The Bertz CT molecular complexity index is 765. The lowest BCUT2D eigenvalue weighted by molar-refractivity contribution is -0.157. The third-order valence-corrected chi connectivity index (χ3v) is 3.96. The molecule has 0 aromatic heterocycles. The molecule has 0 saturated carbocycles. The van der Waals surface area contributed by atoms with E-state index in [0.717, 1.165) is 6.92 Å². The van der Waals surface area contributed by atoms with E-state index in [1.54, 1.807) is 41.5 Å². The summed E-state index contributed by atoms with van der Waals surface area (Å²) in [6.45, 7) is 0.879. The molecule has 0 spiro atoms. The summed E-state index contributed by atoms with van der Waals surface area (Å²) in [5.74, 6) is -1.25. The molecule has 2 heterocycles. The van der Waals surface area contributed by atoms with Crippen LogP contribution < -0.4 is 10.6 Å². The number of carbonyl (C=O) groups excluding carboxylic acids is 1. The van der Waals surface area contributed by atoms with Gasteiger partial charge in [0.05, 0.1) is 5.70 Å². The fraction of sp³-hybridized carbons (Fsp3) is 0.235. The lowest BCUT2D eigenvalue weighted by atomic mass is 10.1. The molecule has 1 aromatic carbocycles. The molecule has 0 aliphatic carbocycles. The maximum atomic E-state index is 13.1. The van der Waals surface area contributed by atoms with E-state index in [1.165, 1.54) is 12.1 Å². The first kappa shape index (κ1) is 17.1. The van der Waals surface area contributed by atoms with Crippen molar-refractivity contribution in [2.45, 2.75) is 25.3 Å². The highest BCUT2D eigenvalue weighted by Gasteiger charge is 2.40. The van der Waals surface area contributed by atoms with Gasteiger partial charge < -0.3 is 15.5 Å². The molecule has 3 rings (SSSR count). The number of alkyl halides is 3. The van der Waals surface area contributed by atoms with Crippen LogP contribution in [0.2, 0.25) is 0 Å². The zero-order chi connectivity index (χ0) is 18.2. The summed E-state index contributed by atoms with van der Waals surface area (Å²) in [6.07, 6.45) is 1.70. The van der Waals surface area contributed by atoms with Gasteiger partial charge >= 0.3 is 6.18 Å². The number of hydrogen-bond donors (Lipinski definition) is 2. The van der Waals surface area contributed by atoms with Crippen LogP contribution in [0.5, 0.6) is 0 Å². The number of amides is 1. The number of carbonyl (C=O) groups is 1. The summed E-state index contributed by atoms with van der Waals surface area (Å²) in [7, 11) is 0. The van der Waals surface area contributed by atoms with Crippen LogP contribution in [-0.4, -0.2) is 23.0 Å². The topological polar surface area (TPSA) is 44.4 Å². The predicted molar refractivity (Wildman–Crippen MR) is 83.1 cm³/mol. The molecule has 132 valence electrons.